The van der Waals surface area contributed by atoms with Crippen LogP contribution in [0.15, 0.2) is 43.0 Å². The summed E-state index contributed by atoms with van der Waals surface area (Å²) in [6, 6.07) is 5.06. The lowest BCUT2D eigenvalue weighted by atomic mass is 10.0. The quantitative estimate of drug-likeness (QED) is 0.476. The van der Waals surface area contributed by atoms with E-state index in [2.05, 4.69) is 51.0 Å². The van der Waals surface area contributed by atoms with Crippen LogP contribution in [-0.4, -0.2) is 41.0 Å². The predicted octanol–water partition coefficient (Wildman–Crippen LogP) is 4.81. The lowest BCUT2D eigenvalue weighted by Crippen LogP contribution is -2.40. The number of nitrogens with zero attached hydrogens (tertiary/aromatic N) is 7. The lowest BCUT2D eigenvalue weighted by molar-refractivity contribution is -0.137. The van der Waals surface area contributed by atoms with Crippen LogP contribution in [0.4, 0.5) is 19.0 Å². The van der Waals surface area contributed by atoms with Crippen LogP contribution in [0.3, 0.4) is 0 Å². The van der Waals surface area contributed by atoms with Crippen molar-refractivity contribution in [1.82, 2.24) is 34.9 Å². The van der Waals surface area contributed by atoms with Gasteiger partial charge in [-0.1, -0.05) is 19.1 Å². The molecule has 11 heteroatoms. The van der Waals surface area contributed by atoms with Crippen LogP contribution in [0.2, 0.25) is 0 Å². The van der Waals surface area contributed by atoms with Gasteiger partial charge in [0, 0.05) is 11.6 Å². The topological polar surface area (TPSA) is 88.4 Å². The van der Waals surface area contributed by atoms with Crippen LogP contribution in [0.5, 0.6) is 0 Å². The average molecular weight is 454 g/mol. The minimum atomic E-state index is -4.39. The monoisotopic (exact) mass is 454 g/mol. The summed E-state index contributed by atoms with van der Waals surface area (Å²) in [6.07, 6.45) is 1.38. The van der Waals surface area contributed by atoms with E-state index < -0.39 is 11.7 Å². The maximum absolute atomic E-state index is 13.0. The minimum absolute atomic E-state index is 0.00137. The van der Waals surface area contributed by atoms with Crippen LogP contribution in [-0.2, 0) is 6.18 Å². The van der Waals surface area contributed by atoms with E-state index in [9.17, 15) is 13.2 Å². The fourth-order valence-electron chi connectivity index (χ4n) is 4.27. The van der Waals surface area contributed by atoms with Crippen molar-refractivity contribution < 1.29 is 13.2 Å². The van der Waals surface area contributed by atoms with Crippen LogP contribution < -0.4 is 4.90 Å². The third-order valence-corrected chi connectivity index (χ3v) is 5.79. The summed E-state index contributed by atoms with van der Waals surface area (Å²) in [4.78, 5) is 11.6. The molecule has 1 aromatic carbocycles. The van der Waals surface area contributed by atoms with Crippen LogP contribution in [0.1, 0.15) is 44.6 Å². The van der Waals surface area contributed by atoms with Gasteiger partial charge in [-0.15, -0.1) is 10.2 Å². The molecular weight excluding hydrogens is 433 g/mol. The molecular formula is C22H21F3N8. The molecule has 8 nitrogen and oxygen atoms in total. The molecule has 3 aromatic heterocycles. The molecule has 4 aromatic rings. The highest BCUT2D eigenvalue weighted by Gasteiger charge is 2.35. The predicted molar refractivity (Wildman–Crippen MR) is 116 cm³/mol. The summed E-state index contributed by atoms with van der Waals surface area (Å²) in [5, 5.41) is 15.4. The molecule has 1 aliphatic heterocycles. The molecule has 4 heterocycles. The van der Waals surface area contributed by atoms with Gasteiger partial charge in [-0.05, 0) is 32.4 Å². The van der Waals surface area contributed by atoms with Crippen LogP contribution in [0, 0.1) is 0 Å². The van der Waals surface area contributed by atoms with E-state index in [1.165, 1.54) is 12.1 Å². The average Bonchev–Trinajstić information content (AvgIpc) is 3.47. The van der Waals surface area contributed by atoms with Gasteiger partial charge in [-0.2, -0.15) is 18.3 Å². The second-order valence-corrected chi connectivity index (χ2v) is 8.12. The van der Waals surface area contributed by atoms with Gasteiger partial charge in [0.25, 0.3) is 0 Å². The first-order valence-corrected chi connectivity index (χ1v) is 10.6. The second-order valence-electron chi connectivity index (χ2n) is 8.12. The number of fused-ring (bicyclic) bond motifs is 3. The maximum Gasteiger partial charge on any atom is 0.416 e. The molecule has 0 saturated heterocycles. The first-order chi connectivity index (χ1) is 15.8. The van der Waals surface area contributed by atoms with Crippen molar-refractivity contribution in [2.24, 2.45) is 0 Å². The Balaban J connectivity index is 1.60. The van der Waals surface area contributed by atoms with Crippen molar-refractivity contribution in [2.75, 3.05) is 4.90 Å². The second kappa shape index (κ2) is 7.68. The van der Waals surface area contributed by atoms with Crippen molar-refractivity contribution in [3.8, 4) is 28.3 Å². The summed E-state index contributed by atoms with van der Waals surface area (Å²) in [5.74, 6) is 2.01. The Labute approximate surface area is 187 Å². The third kappa shape index (κ3) is 3.43. The van der Waals surface area contributed by atoms with Gasteiger partial charge in [0.05, 0.1) is 35.3 Å². The maximum atomic E-state index is 13.0. The highest BCUT2D eigenvalue weighted by molar-refractivity contribution is 5.78. The largest absolute Gasteiger partial charge is 0.416 e. The molecule has 5 rings (SSSR count). The number of halogens is 3. The molecule has 170 valence electrons. The number of nitrogens with one attached hydrogen (secondary N) is 1. The Bertz CT molecular complexity index is 1290. The Morgan fingerprint density at radius 1 is 1.12 bits per heavy atom. The molecule has 0 saturated carbocycles. The fourth-order valence-corrected chi connectivity index (χ4v) is 4.27. The van der Waals surface area contributed by atoms with Gasteiger partial charge in [-0.25, -0.2) is 9.97 Å². The van der Waals surface area contributed by atoms with Gasteiger partial charge in [0.15, 0.2) is 17.5 Å². The molecule has 0 spiro atoms. The summed E-state index contributed by atoms with van der Waals surface area (Å²) >= 11 is 0. The Hall–Kier alpha value is -3.76. The van der Waals surface area contributed by atoms with Crippen LogP contribution >= 0.6 is 0 Å². The van der Waals surface area contributed by atoms with Crippen LogP contribution in [0.25, 0.3) is 28.3 Å². The Morgan fingerprint density at radius 3 is 2.55 bits per heavy atom. The molecule has 0 amide bonds. The van der Waals surface area contributed by atoms with E-state index in [1.807, 2.05) is 4.57 Å². The minimum Gasteiger partial charge on any atom is -0.342 e. The molecule has 0 radical (unpaired) electrons. The molecule has 33 heavy (non-hydrogen) atoms. The van der Waals surface area contributed by atoms with Crippen molar-refractivity contribution in [2.45, 2.75) is 45.5 Å². The van der Waals surface area contributed by atoms with E-state index in [0.717, 1.165) is 35.9 Å². The van der Waals surface area contributed by atoms with Gasteiger partial charge >= 0.3 is 6.18 Å². The number of alkyl halides is 3. The number of aromatic nitrogens is 7. The van der Waals surface area contributed by atoms with E-state index in [1.54, 1.807) is 18.7 Å². The van der Waals surface area contributed by atoms with E-state index >= 15 is 0 Å². The SMILES string of the molecule is CCC1c2nncn2-c2cnc(-c3cn[nH]c3-c3ccc(C(F)(F)F)cc3)nc2N1C(C)C. The van der Waals surface area contributed by atoms with Crippen molar-refractivity contribution in [1.29, 1.82) is 0 Å². The Morgan fingerprint density at radius 2 is 1.88 bits per heavy atom. The zero-order valence-corrected chi connectivity index (χ0v) is 18.2. The molecule has 1 aliphatic rings. The molecule has 1 unspecified atom stereocenters. The van der Waals surface area contributed by atoms with Gasteiger partial charge in [0.1, 0.15) is 12.0 Å². The highest BCUT2D eigenvalue weighted by Crippen LogP contribution is 2.40. The summed E-state index contributed by atoms with van der Waals surface area (Å²) in [6.45, 7) is 6.27. The molecule has 1 atom stereocenters. The van der Waals surface area contributed by atoms with Gasteiger partial charge in [-0.3, -0.25) is 9.67 Å². The van der Waals surface area contributed by atoms with E-state index in [-0.39, 0.29) is 12.1 Å². The molecule has 0 aliphatic carbocycles. The number of hydrogen-bond donors (Lipinski definition) is 1. The number of aromatic amines is 1. The van der Waals surface area contributed by atoms with Crippen molar-refractivity contribution in [3.63, 3.8) is 0 Å². The summed E-state index contributed by atoms with van der Waals surface area (Å²) < 4.78 is 40.8. The lowest BCUT2D eigenvalue weighted by Gasteiger charge is -2.39. The van der Waals surface area contributed by atoms with Gasteiger partial charge in [0.2, 0.25) is 0 Å². The molecule has 0 bridgehead atoms. The number of anilines is 1. The molecule has 0 fully saturated rings. The number of H-pyrrole nitrogens is 1. The highest BCUT2D eigenvalue weighted by atomic mass is 19.4. The van der Waals surface area contributed by atoms with Gasteiger partial charge < -0.3 is 4.90 Å². The standard InChI is InChI=1S/C22H21F3N8/c1-4-16-21-31-28-11-32(21)17-10-26-19(29-20(17)33(16)12(2)3)15-9-27-30-18(15)13-5-7-14(8-6-13)22(23,24)25/h5-12,16H,4H2,1-3H3,(H,27,30). The summed E-state index contributed by atoms with van der Waals surface area (Å²) in [5.41, 5.74) is 1.78. The van der Waals surface area contributed by atoms with Crippen molar-refractivity contribution >= 4 is 5.82 Å². The number of benzene rings is 1. The summed E-state index contributed by atoms with van der Waals surface area (Å²) in [7, 11) is 0. The molecule has 1 N–H and O–H groups in total. The first kappa shape index (κ1) is 21.1. The number of rotatable bonds is 4. The van der Waals surface area contributed by atoms with Crippen molar-refractivity contribution in [3.05, 3.63) is 54.4 Å². The zero-order chi connectivity index (χ0) is 23.3. The third-order valence-electron chi connectivity index (χ3n) is 5.79. The first-order valence-electron chi connectivity index (χ1n) is 10.6. The normalized spacial score (nSPS) is 15.6. The number of hydrogen-bond acceptors (Lipinski definition) is 6. The fraction of sp³-hybridized carbons (Fsp3) is 0.318. The van der Waals surface area contributed by atoms with E-state index in [4.69, 9.17) is 4.98 Å². The smallest absolute Gasteiger partial charge is 0.342 e. The zero-order valence-electron chi connectivity index (χ0n) is 18.2. The Kier molecular flexibility index (Phi) is 4.91. The van der Waals surface area contributed by atoms with E-state index in [0.29, 0.717) is 22.6 Å².